The summed E-state index contributed by atoms with van der Waals surface area (Å²) in [7, 11) is 0. The van der Waals surface area contributed by atoms with Gasteiger partial charge in [0, 0.05) is 43.6 Å². The second-order valence-corrected chi connectivity index (χ2v) is 6.92. The first-order valence-corrected chi connectivity index (χ1v) is 8.24. The van der Waals surface area contributed by atoms with Crippen LogP contribution in [-0.4, -0.2) is 59.7 Å². The number of carboxylic acids is 1. The molecule has 0 aliphatic heterocycles. The zero-order valence-corrected chi connectivity index (χ0v) is 14.7. The number of nitrogens with one attached hydrogen (secondary N) is 2. The topological polar surface area (TPSA) is 145 Å². The molecule has 0 spiro atoms. The van der Waals surface area contributed by atoms with Crippen LogP contribution in [0.15, 0.2) is 0 Å². The molecule has 0 aliphatic rings. The molecule has 0 bridgehead atoms. The van der Waals surface area contributed by atoms with Gasteiger partial charge >= 0.3 is 6.09 Å². The lowest BCUT2D eigenvalue weighted by Crippen LogP contribution is -2.47. The first kappa shape index (κ1) is 22.2. The van der Waals surface area contributed by atoms with E-state index in [0.29, 0.717) is 5.75 Å². The molecule has 2 amide bonds. The molecule has 1 atom stereocenters. The van der Waals surface area contributed by atoms with Gasteiger partial charge in [0.2, 0.25) is 5.91 Å². The third kappa shape index (κ3) is 10.1. The SMILES string of the molecule is CC(=O)SCCNC(=O)OCC(C)(C)[C@@H](O)C(=O)NCCC(=O)[O-]. The number of aliphatic hydroxyl groups excluding tert-OH is 1. The average molecular weight is 363 g/mol. The molecule has 0 saturated heterocycles. The second-order valence-electron chi connectivity index (χ2n) is 5.65. The molecule has 0 rings (SSSR count). The highest BCUT2D eigenvalue weighted by molar-refractivity contribution is 8.13. The monoisotopic (exact) mass is 363 g/mol. The molecular weight excluding hydrogens is 340 g/mol. The lowest BCUT2D eigenvalue weighted by molar-refractivity contribution is -0.305. The lowest BCUT2D eigenvalue weighted by Gasteiger charge is -2.29. The Morgan fingerprint density at radius 3 is 2.38 bits per heavy atom. The molecular formula is C14H23N2O7S-. The molecule has 0 fully saturated rings. The Kier molecular flexibility index (Phi) is 10.0. The summed E-state index contributed by atoms with van der Waals surface area (Å²) >= 11 is 1.07. The van der Waals surface area contributed by atoms with Crippen LogP contribution in [0.1, 0.15) is 27.2 Å². The van der Waals surface area contributed by atoms with Gasteiger partial charge in [0.25, 0.3) is 0 Å². The van der Waals surface area contributed by atoms with Gasteiger partial charge in [-0.2, -0.15) is 0 Å². The number of carboxylic acid groups (broad SMARTS) is 1. The number of thioether (sulfide) groups is 1. The standard InChI is InChI=1S/C14H24N2O7S/c1-9(17)24-7-6-16-13(22)23-8-14(2,3)11(20)12(21)15-5-4-10(18)19/h11,20H,4-8H2,1-3H3,(H,15,21)(H,16,22)(H,18,19)/p-1/t11-/m0/s1. The molecule has 0 heterocycles. The third-order valence-electron chi connectivity index (χ3n) is 2.87. The van der Waals surface area contributed by atoms with Gasteiger partial charge in [-0.1, -0.05) is 25.6 Å². The molecule has 0 unspecified atom stereocenters. The Balaban J connectivity index is 4.16. The quantitative estimate of drug-likeness (QED) is 0.403. The van der Waals surface area contributed by atoms with Crippen molar-refractivity contribution in [1.82, 2.24) is 10.6 Å². The van der Waals surface area contributed by atoms with Crippen molar-refractivity contribution in [3.63, 3.8) is 0 Å². The first-order valence-electron chi connectivity index (χ1n) is 7.26. The number of ether oxygens (including phenoxy) is 1. The van der Waals surface area contributed by atoms with Crippen LogP contribution < -0.4 is 15.7 Å². The van der Waals surface area contributed by atoms with E-state index in [-0.39, 0.29) is 31.2 Å². The van der Waals surface area contributed by atoms with E-state index in [9.17, 15) is 29.4 Å². The van der Waals surface area contributed by atoms with Crippen LogP contribution in [0.3, 0.4) is 0 Å². The largest absolute Gasteiger partial charge is 0.550 e. The Hall–Kier alpha value is -1.81. The summed E-state index contributed by atoms with van der Waals surface area (Å²) in [5, 5.41) is 24.9. The fourth-order valence-corrected chi connectivity index (χ4v) is 1.96. The van der Waals surface area contributed by atoms with Gasteiger partial charge < -0.3 is 30.4 Å². The van der Waals surface area contributed by atoms with Crippen molar-refractivity contribution in [2.75, 3.05) is 25.4 Å². The normalized spacial score (nSPS) is 12.2. The van der Waals surface area contributed by atoms with Gasteiger partial charge in [0.05, 0.1) is 0 Å². The van der Waals surface area contributed by atoms with E-state index in [1.54, 1.807) is 0 Å². The van der Waals surface area contributed by atoms with Gasteiger partial charge in [-0.05, 0) is 0 Å². The molecule has 9 nitrogen and oxygen atoms in total. The summed E-state index contributed by atoms with van der Waals surface area (Å²) in [6.07, 6.45) is -2.58. The fraction of sp³-hybridized carbons (Fsp3) is 0.714. The van der Waals surface area contributed by atoms with Crippen molar-refractivity contribution in [3.05, 3.63) is 0 Å². The average Bonchev–Trinajstić information content (AvgIpc) is 2.48. The maximum atomic E-state index is 11.7. The Bertz CT molecular complexity index is 468. The molecule has 0 saturated carbocycles. The van der Waals surface area contributed by atoms with Crippen LogP contribution in [0.5, 0.6) is 0 Å². The van der Waals surface area contributed by atoms with E-state index in [1.165, 1.54) is 20.8 Å². The summed E-state index contributed by atoms with van der Waals surface area (Å²) in [6.45, 7) is 4.32. The summed E-state index contributed by atoms with van der Waals surface area (Å²) in [4.78, 5) is 44.2. The zero-order chi connectivity index (χ0) is 18.8. The molecule has 0 aliphatic carbocycles. The van der Waals surface area contributed by atoms with Crippen molar-refractivity contribution >= 4 is 34.8 Å². The van der Waals surface area contributed by atoms with Crippen LogP contribution in [0.2, 0.25) is 0 Å². The number of aliphatic hydroxyl groups is 1. The predicted octanol–water partition coefficient (Wildman–Crippen LogP) is -1.36. The number of carbonyl (C=O) groups is 4. The van der Waals surface area contributed by atoms with E-state index in [0.717, 1.165) is 11.8 Å². The van der Waals surface area contributed by atoms with Crippen LogP contribution >= 0.6 is 11.8 Å². The number of amides is 2. The highest BCUT2D eigenvalue weighted by Gasteiger charge is 2.34. The van der Waals surface area contributed by atoms with Gasteiger partial charge in [-0.15, -0.1) is 0 Å². The van der Waals surface area contributed by atoms with Crippen LogP contribution in [-0.2, 0) is 19.1 Å². The minimum atomic E-state index is -1.49. The van der Waals surface area contributed by atoms with E-state index >= 15 is 0 Å². The minimum Gasteiger partial charge on any atom is -0.550 e. The maximum absolute atomic E-state index is 11.7. The van der Waals surface area contributed by atoms with Crippen molar-refractivity contribution < 1.29 is 34.1 Å². The van der Waals surface area contributed by atoms with E-state index < -0.39 is 29.5 Å². The minimum absolute atomic E-state index is 0.0564. The molecule has 3 N–H and O–H groups in total. The zero-order valence-electron chi connectivity index (χ0n) is 13.9. The van der Waals surface area contributed by atoms with Crippen molar-refractivity contribution in [2.24, 2.45) is 5.41 Å². The Morgan fingerprint density at radius 2 is 1.83 bits per heavy atom. The van der Waals surface area contributed by atoms with Crippen LogP contribution in [0.25, 0.3) is 0 Å². The van der Waals surface area contributed by atoms with Crippen molar-refractivity contribution in [2.45, 2.75) is 33.3 Å². The van der Waals surface area contributed by atoms with Crippen molar-refractivity contribution in [3.8, 4) is 0 Å². The predicted molar refractivity (Wildman–Crippen MR) is 84.9 cm³/mol. The first-order chi connectivity index (χ1) is 11.1. The third-order valence-corrected chi connectivity index (χ3v) is 3.68. The van der Waals surface area contributed by atoms with Crippen LogP contribution in [0.4, 0.5) is 4.79 Å². The molecule has 138 valence electrons. The second kappa shape index (κ2) is 10.9. The number of hydrogen-bond donors (Lipinski definition) is 3. The number of hydrogen-bond acceptors (Lipinski definition) is 8. The summed E-state index contributed by atoms with van der Waals surface area (Å²) in [5.74, 6) is -1.66. The molecule has 24 heavy (non-hydrogen) atoms. The molecule has 10 heteroatoms. The smallest absolute Gasteiger partial charge is 0.407 e. The summed E-state index contributed by atoms with van der Waals surface area (Å²) < 4.78 is 4.94. The van der Waals surface area contributed by atoms with E-state index in [1.807, 2.05) is 0 Å². The number of carbonyl (C=O) groups excluding carboxylic acids is 4. The van der Waals surface area contributed by atoms with Gasteiger partial charge in [-0.25, -0.2) is 4.79 Å². The molecule has 0 aromatic rings. The van der Waals surface area contributed by atoms with Gasteiger partial charge in [0.1, 0.15) is 12.7 Å². The highest BCUT2D eigenvalue weighted by atomic mass is 32.2. The summed E-state index contributed by atoms with van der Waals surface area (Å²) in [5.41, 5.74) is -1.07. The molecule has 0 aromatic heterocycles. The number of alkyl carbamates (subject to hydrolysis) is 1. The van der Waals surface area contributed by atoms with Gasteiger partial charge in [0.15, 0.2) is 5.12 Å². The Labute approximate surface area is 144 Å². The molecule has 0 aromatic carbocycles. The lowest BCUT2D eigenvalue weighted by atomic mass is 9.87. The van der Waals surface area contributed by atoms with E-state index in [2.05, 4.69) is 10.6 Å². The van der Waals surface area contributed by atoms with Gasteiger partial charge in [-0.3, -0.25) is 9.59 Å². The fourth-order valence-electron chi connectivity index (χ4n) is 1.47. The van der Waals surface area contributed by atoms with E-state index in [4.69, 9.17) is 4.74 Å². The number of aliphatic carboxylic acids is 1. The highest BCUT2D eigenvalue weighted by Crippen LogP contribution is 2.21. The van der Waals surface area contributed by atoms with Crippen LogP contribution in [0, 0.1) is 5.41 Å². The number of rotatable bonds is 10. The maximum Gasteiger partial charge on any atom is 0.407 e. The Morgan fingerprint density at radius 1 is 1.21 bits per heavy atom. The summed E-state index contributed by atoms with van der Waals surface area (Å²) in [6, 6.07) is 0. The molecule has 0 radical (unpaired) electrons. The van der Waals surface area contributed by atoms with Crippen molar-refractivity contribution in [1.29, 1.82) is 0 Å².